The quantitative estimate of drug-likeness (QED) is 0.165. The van der Waals surface area contributed by atoms with Gasteiger partial charge in [0.15, 0.2) is 0 Å². The number of rotatable bonds is 5. The van der Waals surface area contributed by atoms with E-state index in [0.717, 1.165) is 61.0 Å². The summed E-state index contributed by atoms with van der Waals surface area (Å²) in [6.07, 6.45) is 0. The molecule has 58 heavy (non-hydrogen) atoms. The Morgan fingerprint density at radius 1 is 0.293 bits per heavy atom. The average molecular weight is 739 g/mol. The van der Waals surface area contributed by atoms with Crippen LogP contribution < -0.4 is 0 Å². The molecular formula is C54H34N4. The maximum atomic E-state index is 5.53. The van der Waals surface area contributed by atoms with Gasteiger partial charge in [-0.25, -0.2) is 9.97 Å². The molecule has 0 aliphatic heterocycles. The van der Waals surface area contributed by atoms with Crippen molar-refractivity contribution in [2.75, 3.05) is 0 Å². The Labute approximate surface area is 334 Å². The molecule has 8 aromatic carbocycles. The van der Waals surface area contributed by atoms with Crippen molar-refractivity contribution < 1.29 is 0 Å². The van der Waals surface area contributed by atoms with Crippen LogP contribution in [-0.2, 0) is 0 Å². The van der Waals surface area contributed by atoms with Crippen LogP contribution in [0.5, 0.6) is 0 Å². The molecule has 0 aliphatic carbocycles. The lowest BCUT2D eigenvalue weighted by atomic mass is 9.99. The lowest BCUT2D eigenvalue weighted by Crippen LogP contribution is -2.05. The van der Waals surface area contributed by atoms with Gasteiger partial charge in [0.25, 0.3) is 0 Å². The number of aromatic nitrogens is 4. The highest BCUT2D eigenvalue weighted by Crippen LogP contribution is 2.42. The molecule has 0 spiro atoms. The molecule has 4 heterocycles. The van der Waals surface area contributed by atoms with Crippen LogP contribution in [0.15, 0.2) is 206 Å². The maximum absolute atomic E-state index is 5.53. The standard InChI is InChI=1S/C54H34N4/c1-3-15-35(16-4-1)37-20-13-22-39(31-37)47-34-48(40-23-14-21-38(32-40)36-17-5-2-6-18-36)56-54(55-47)58-50-28-12-10-26-44(50)46-30-29-45-42-24-8-9-25-43(42)51-33-41-19-7-11-27-49(41)57(51)52(45)53(46)58/h1-34H. The topological polar surface area (TPSA) is 35.1 Å². The fourth-order valence-electron chi connectivity index (χ4n) is 9.03. The van der Waals surface area contributed by atoms with Crippen molar-refractivity contribution in [3.05, 3.63) is 206 Å². The molecular weight excluding hydrogens is 705 g/mol. The van der Waals surface area contributed by atoms with Gasteiger partial charge in [-0.1, -0.05) is 170 Å². The van der Waals surface area contributed by atoms with E-state index in [-0.39, 0.29) is 0 Å². The van der Waals surface area contributed by atoms with Crippen LogP contribution in [-0.4, -0.2) is 18.9 Å². The third-order valence-electron chi connectivity index (χ3n) is 11.7. The van der Waals surface area contributed by atoms with Crippen LogP contribution in [0.4, 0.5) is 0 Å². The van der Waals surface area contributed by atoms with Gasteiger partial charge in [0.2, 0.25) is 5.95 Å². The van der Waals surface area contributed by atoms with E-state index in [0.29, 0.717) is 5.95 Å². The van der Waals surface area contributed by atoms with Crippen molar-refractivity contribution >= 4 is 59.9 Å². The van der Waals surface area contributed by atoms with Crippen LogP contribution in [0, 0.1) is 0 Å². The van der Waals surface area contributed by atoms with Crippen molar-refractivity contribution in [3.63, 3.8) is 0 Å². The Bertz CT molecular complexity index is 3460. The average Bonchev–Trinajstić information content (AvgIpc) is 3.86. The number of para-hydroxylation sites is 2. The number of hydrogen-bond acceptors (Lipinski definition) is 2. The molecule has 4 nitrogen and oxygen atoms in total. The zero-order valence-corrected chi connectivity index (χ0v) is 31.4. The molecule has 0 unspecified atom stereocenters. The van der Waals surface area contributed by atoms with Crippen molar-refractivity contribution in [2.45, 2.75) is 0 Å². The summed E-state index contributed by atoms with van der Waals surface area (Å²) in [7, 11) is 0. The molecule has 12 rings (SSSR count). The van der Waals surface area contributed by atoms with E-state index in [2.05, 4.69) is 215 Å². The Kier molecular flexibility index (Phi) is 7.20. The van der Waals surface area contributed by atoms with E-state index < -0.39 is 0 Å². The van der Waals surface area contributed by atoms with Crippen LogP contribution in [0.1, 0.15) is 0 Å². The summed E-state index contributed by atoms with van der Waals surface area (Å²) in [5.41, 5.74) is 14.0. The van der Waals surface area contributed by atoms with E-state index in [1.165, 1.54) is 43.7 Å². The Balaban J connectivity index is 1.21. The van der Waals surface area contributed by atoms with E-state index >= 15 is 0 Å². The Morgan fingerprint density at radius 3 is 1.41 bits per heavy atom. The minimum absolute atomic E-state index is 0.624. The number of pyridine rings is 1. The number of benzene rings is 8. The first-order valence-electron chi connectivity index (χ1n) is 19.7. The second kappa shape index (κ2) is 12.9. The highest BCUT2D eigenvalue weighted by Gasteiger charge is 2.22. The fourth-order valence-corrected chi connectivity index (χ4v) is 9.03. The summed E-state index contributed by atoms with van der Waals surface area (Å²) < 4.78 is 4.77. The Hall–Kier alpha value is -7.82. The molecule has 12 aromatic rings. The molecule has 0 fully saturated rings. The molecule has 0 saturated carbocycles. The van der Waals surface area contributed by atoms with Crippen LogP contribution in [0.3, 0.4) is 0 Å². The maximum Gasteiger partial charge on any atom is 0.235 e. The first-order valence-corrected chi connectivity index (χ1v) is 19.7. The van der Waals surface area contributed by atoms with Crippen LogP contribution in [0.25, 0.3) is 111 Å². The molecule has 0 atom stereocenters. The van der Waals surface area contributed by atoms with Gasteiger partial charge < -0.3 is 4.40 Å². The van der Waals surface area contributed by atoms with Gasteiger partial charge in [-0.05, 0) is 64.0 Å². The molecule has 270 valence electrons. The third-order valence-corrected chi connectivity index (χ3v) is 11.7. The first kappa shape index (κ1) is 32.4. The largest absolute Gasteiger partial charge is 0.307 e. The molecule has 0 radical (unpaired) electrons. The van der Waals surface area contributed by atoms with E-state index in [4.69, 9.17) is 9.97 Å². The summed E-state index contributed by atoms with van der Waals surface area (Å²) >= 11 is 0. The third kappa shape index (κ3) is 5.02. The van der Waals surface area contributed by atoms with Gasteiger partial charge >= 0.3 is 0 Å². The predicted octanol–water partition coefficient (Wildman–Crippen LogP) is 14.0. The van der Waals surface area contributed by atoms with Crippen molar-refractivity contribution in [1.82, 2.24) is 18.9 Å². The summed E-state index contributed by atoms with van der Waals surface area (Å²) in [6.45, 7) is 0. The van der Waals surface area contributed by atoms with Crippen molar-refractivity contribution in [2.24, 2.45) is 0 Å². The number of nitrogens with zero attached hydrogens (tertiary/aromatic N) is 4. The molecule has 0 amide bonds. The predicted molar refractivity (Wildman–Crippen MR) is 242 cm³/mol. The zero-order valence-electron chi connectivity index (χ0n) is 31.4. The smallest absolute Gasteiger partial charge is 0.235 e. The normalized spacial score (nSPS) is 11.8. The Morgan fingerprint density at radius 2 is 0.776 bits per heavy atom. The lowest BCUT2D eigenvalue weighted by Gasteiger charge is -2.15. The molecule has 0 saturated heterocycles. The summed E-state index contributed by atoms with van der Waals surface area (Å²) in [5.74, 6) is 0.624. The summed E-state index contributed by atoms with van der Waals surface area (Å²) in [4.78, 5) is 11.1. The highest BCUT2D eigenvalue weighted by atomic mass is 15.2. The summed E-state index contributed by atoms with van der Waals surface area (Å²) in [5, 5.41) is 7.15. The minimum Gasteiger partial charge on any atom is -0.307 e. The second-order valence-electron chi connectivity index (χ2n) is 15.0. The van der Waals surface area contributed by atoms with Crippen LogP contribution >= 0.6 is 0 Å². The molecule has 0 aliphatic rings. The van der Waals surface area contributed by atoms with Crippen molar-refractivity contribution in [1.29, 1.82) is 0 Å². The first-order chi connectivity index (χ1) is 28.8. The van der Waals surface area contributed by atoms with Gasteiger partial charge in [-0.2, -0.15) is 0 Å². The minimum atomic E-state index is 0.624. The SMILES string of the molecule is c1ccc(-c2cccc(-c3cc(-c4cccc(-c5ccccc5)c4)nc(-n4c5ccccc5c5ccc6c7ccccc7c7cc8ccccc8n7c6c54)n3)c2)cc1. The monoisotopic (exact) mass is 738 g/mol. The summed E-state index contributed by atoms with van der Waals surface area (Å²) in [6, 6.07) is 73.7. The van der Waals surface area contributed by atoms with Crippen molar-refractivity contribution in [3.8, 4) is 50.7 Å². The van der Waals surface area contributed by atoms with E-state index in [1.54, 1.807) is 0 Å². The second-order valence-corrected chi connectivity index (χ2v) is 15.0. The fraction of sp³-hybridized carbons (Fsp3) is 0. The van der Waals surface area contributed by atoms with Gasteiger partial charge in [0.1, 0.15) is 0 Å². The number of hydrogen-bond donors (Lipinski definition) is 0. The molecule has 4 aromatic heterocycles. The molecule has 0 N–H and O–H groups in total. The van der Waals surface area contributed by atoms with Gasteiger partial charge in [0.05, 0.1) is 39.0 Å². The zero-order chi connectivity index (χ0) is 38.2. The molecule has 4 heteroatoms. The van der Waals surface area contributed by atoms with E-state index in [9.17, 15) is 0 Å². The van der Waals surface area contributed by atoms with Gasteiger partial charge in [0, 0.05) is 38.1 Å². The molecule has 0 bridgehead atoms. The number of fused-ring (bicyclic) bond motifs is 12. The van der Waals surface area contributed by atoms with Gasteiger partial charge in [-0.3, -0.25) is 4.57 Å². The highest BCUT2D eigenvalue weighted by molar-refractivity contribution is 6.25. The van der Waals surface area contributed by atoms with E-state index in [1.807, 2.05) is 0 Å². The lowest BCUT2D eigenvalue weighted by molar-refractivity contribution is 0.996. The van der Waals surface area contributed by atoms with Gasteiger partial charge in [-0.15, -0.1) is 0 Å². The van der Waals surface area contributed by atoms with Crippen LogP contribution in [0.2, 0.25) is 0 Å².